The normalized spacial score (nSPS) is 15.7. The Balaban J connectivity index is 1.48. The quantitative estimate of drug-likeness (QED) is 0.736. The van der Waals surface area contributed by atoms with Crippen molar-refractivity contribution < 1.29 is 22.8 Å². The predicted molar refractivity (Wildman–Crippen MR) is 113 cm³/mol. The van der Waals surface area contributed by atoms with Gasteiger partial charge in [-0.15, -0.1) is 11.3 Å². The summed E-state index contributed by atoms with van der Waals surface area (Å²) in [5.74, 6) is -0.449. The van der Waals surface area contributed by atoms with Gasteiger partial charge in [0.25, 0.3) is 5.91 Å². The summed E-state index contributed by atoms with van der Waals surface area (Å²) in [5, 5.41) is 5.70. The molecule has 0 bridgehead atoms. The first-order valence-corrected chi connectivity index (χ1v) is 11.0. The summed E-state index contributed by atoms with van der Waals surface area (Å²) in [6, 6.07) is 3.92. The fourth-order valence-electron chi connectivity index (χ4n) is 3.38. The number of piperidine rings is 1. The lowest BCUT2D eigenvalue weighted by atomic mass is 9.93. The van der Waals surface area contributed by atoms with E-state index in [1.807, 2.05) is 0 Å². The first-order valence-electron chi connectivity index (χ1n) is 10.1. The summed E-state index contributed by atoms with van der Waals surface area (Å²) in [4.78, 5) is 31.1. The van der Waals surface area contributed by atoms with Gasteiger partial charge in [0.2, 0.25) is 5.91 Å². The Hall–Kier alpha value is -2.42. The van der Waals surface area contributed by atoms with Crippen LogP contribution in [0.15, 0.2) is 29.6 Å². The van der Waals surface area contributed by atoms with Crippen LogP contribution in [0.25, 0.3) is 0 Å². The highest BCUT2D eigenvalue weighted by Gasteiger charge is 2.30. The van der Waals surface area contributed by atoms with Crippen LogP contribution in [0.4, 0.5) is 13.2 Å². The van der Waals surface area contributed by atoms with Crippen molar-refractivity contribution in [2.24, 2.45) is 0 Å². The highest BCUT2D eigenvalue weighted by molar-refractivity contribution is 7.09. The Morgan fingerprint density at radius 2 is 1.74 bits per heavy atom. The third-order valence-electron chi connectivity index (χ3n) is 5.36. The van der Waals surface area contributed by atoms with Gasteiger partial charge in [-0.3, -0.25) is 9.59 Å². The maximum absolute atomic E-state index is 12.6. The summed E-state index contributed by atoms with van der Waals surface area (Å²) in [5.41, 5.74) is 0.351. The topological polar surface area (TPSA) is 62.3 Å². The summed E-state index contributed by atoms with van der Waals surface area (Å²) < 4.78 is 37.8. The Kier molecular flexibility index (Phi) is 6.73. The smallest absolute Gasteiger partial charge is 0.343 e. The van der Waals surface area contributed by atoms with Crippen LogP contribution in [0.2, 0.25) is 0 Å². The number of halogens is 3. The maximum Gasteiger partial charge on any atom is 0.416 e. The predicted octanol–water partition coefficient (Wildman–Crippen LogP) is 4.60. The number of hydrogen-bond acceptors (Lipinski definition) is 4. The van der Waals surface area contributed by atoms with E-state index < -0.39 is 17.6 Å². The van der Waals surface area contributed by atoms with Crippen molar-refractivity contribution in [1.29, 1.82) is 0 Å². The summed E-state index contributed by atoms with van der Waals surface area (Å²) in [7, 11) is 0. The first-order chi connectivity index (χ1) is 14.4. The molecule has 1 saturated heterocycles. The van der Waals surface area contributed by atoms with Crippen LogP contribution in [-0.2, 0) is 16.4 Å². The maximum atomic E-state index is 12.6. The van der Waals surface area contributed by atoms with Crippen LogP contribution in [0.3, 0.4) is 0 Å². The monoisotopic (exact) mass is 453 g/mol. The number of nitrogens with one attached hydrogen (secondary N) is 1. The average molecular weight is 454 g/mol. The molecule has 5 nitrogen and oxygen atoms in total. The van der Waals surface area contributed by atoms with Crippen LogP contribution in [0.1, 0.15) is 66.2 Å². The van der Waals surface area contributed by atoms with Gasteiger partial charge in [-0.25, -0.2) is 4.98 Å². The number of carbonyl (C=O) groups excluding carboxylic acids is 2. The van der Waals surface area contributed by atoms with Crippen molar-refractivity contribution in [2.45, 2.75) is 51.1 Å². The summed E-state index contributed by atoms with van der Waals surface area (Å²) >= 11 is 1.66. The molecule has 0 atom stereocenters. The van der Waals surface area contributed by atoms with Crippen LogP contribution >= 0.6 is 11.3 Å². The zero-order chi connectivity index (χ0) is 22.8. The van der Waals surface area contributed by atoms with Gasteiger partial charge in [-0.1, -0.05) is 20.8 Å². The Morgan fingerprint density at radius 1 is 1.13 bits per heavy atom. The van der Waals surface area contributed by atoms with Gasteiger partial charge in [0.1, 0.15) is 0 Å². The molecule has 0 radical (unpaired) electrons. The van der Waals surface area contributed by atoms with Crippen molar-refractivity contribution in [2.75, 3.05) is 19.6 Å². The van der Waals surface area contributed by atoms with E-state index in [0.29, 0.717) is 19.0 Å². The second kappa shape index (κ2) is 8.98. The number of hydrogen-bond donors (Lipinski definition) is 1. The fourth-order valence-corrected chi connectivity index (χ4v) is 4.59. The third-order valence-corrected chi connectivity index (χ3v) is 6.37. The molecule has 2 heterocycles. The molecule has 1 aromatic heterocycles. The van der Waals surface area contributed by atoms with Gasteiger partial charge >= 0.3 is 6.18 Å². The number of amides is 2. The van der Waals surface area contributed by atoms with E-state index in [1.54, 1.807) is 16.2 Å². The molecule has 1 aliphatic rings. The molecule has 9 heteroatoms. The minimum Gasteiger partial charge on any atom is -0.343 e. The second-order valence-corrected chi connectivity index (χ2v) is 9.62. The minimum absolute atomic E-state index is 0.0106. The Morgan fingerprint density at radius 3 is 2.26 bits per heavy atom. The highest BCUT2D eigenvalue weighted by atomic mass is 32.1. The van der Waals surface area contributed by atoms with E-state index >= 15 is 0 Å². The molecule has 0 saturated carbocycles. The lowest BCUT2D eigenvalue weighted by Gasteiger charge is -2.31. The highest BCUT2D eigenvalue weighted by Crippen LogP contribution is 2.33. The van der Waals surface area contributed by atoms with Gasteiger partial charge in [-0.2, -0.15) is 13.2 Å². The Bertz CT molecular complexity index is 925. The molecule has 0 aliphatic carbocycles. The molecule has 2 aromatic rings. The lowest BCUT2D eigenvalue weighted by Crippen LogP contribution is -2.43. The van der Waals surface area contributed by atoms with Crippen molar-refractivity contribution >= 4 is 23.2 Å². The SMILES string of the molecule is CC(C)(C)c1csc(C2CCN(C(=O)CNC(=O)c3ccc(C(F)(F)F)cc3)CC2)n1. The molecule has 2 amide bonds. The number of rotatable bonds is 4. The number of thiazole rings is 1. The molecular formula is C22H26F3N3O2S. The van der Waals surface area contributed by atoms with Crippen molar-refractivity contribution in [3.05, 3.63) is 51.5 Å². The number of likely N-dealkylation sites (tertiary alicyclic amines) is 1. The van der Waals surface area contributed by atoms with Crippen molar-refractivity contribution in [3.8, 4) is 0 Å². The van der Waals surface area contributed by atoms with E-state index in [-0.39, 0.29) is 23.4 Å². The molecule has 0 spiro atoms. The van der Waals surface area contributed by atoms with Gasteiger partial charge in [-0.05, 0) is 37.1 Å². The summed E-state index contributed by atoms with van der Waals surface area (Å²) in [6.45, 7) is 7.38. The van der Waals surface area contributed by atoms with E-state index in [2.05, 4.69) is 31.5 Å². The second-order valence-electron chi connectivity index (χ2n) is 8.73. The standard InChI is InChI=1S/C22H26F3N3O2S/c1-21(2,3)17-13-31-20(27-17)15-8-10-28(11-9-15)18(29)12-26-19(30)14-4-6-16(7-5-14)22(23,24)25/h4-7,13,15H,8-12H2,1-3H3,(H,26,30). The number of carbonyl (C=O) groups is 2. The lowest BCUT2D eigenvalue weighted by molar-refractivity contribution is -0.137. The van der Waals surface area contributed by atoms with Gasteiger partial charge in [0.05, 0.1) is 22.8 Å². The molecule has 1 fully saturated rings. The zero-order valence-corrected chi connectivity index (χ0v) is 18.6. The van der Waals surface area contributed by atoms with Crippen LogP contribution < -0.4 is 5.32 Å². The van der Waals surface area contributed by atoms with E-state index in [9.17, 15) is 22.8 Å². The average Bonchev–Trinajstić information content (AvgIpc) is 3.22. The van der Waals surface area contributed by atoms with Crippen molar-refractivity contribution in [1.82, 2.24) is 15.2 Å². The minimum atomic E-state index is -4.45. The van der Waals surface area contributed by atoms with Crippen LogP contribution in [0, 0.1) is 0 Å². The molecule has 1 aliphatic heterocycles. The zero-order valence-electron chi connectivity index (χ0n) is 17.8. The molecular weight excluding hydrogens is 427 g/mol. The third kappa shape index (κ3) is 5.84. The largest absolute Gasteiger partial charge is 0.416 e. The van der Waals surface area contributed by atoms with E-state index in [1.165, 1.54) is 0 Å². The van der Waals surface area contributed by atoms with Crippen molar-refractivity contribution in [3.63, 3.8) is 0 Å². The molecule has 3 rings (SSSR count). The Labute approximate surface area is 183 Å². The van der Waals surface area contributed by atoms with Gasteiger partial charge in [0.15, 0.2) is 0 Å². The molecule has 0 unspecified atom stereocenters. The number of alkyl halides is 3. The van der Waals surface area contributed by atoms with E-state index in [0.717, 1.165) is 47.8 Å². The van der Waals surface area contributed by atoms with E-state index in [4.69, 9.17) is 4.98 Å². The fraction of sp³-hybridized carbons (Fsp3) is 0.500. The molecule has 1 N–H and O–H groups in total. The molecule has 1 aromatic carbocycles. The number of benzene rings is 1. The molecule has 31 heavy (non-hydrogen) atoms. The van der Waals surface area contributed by atoms with Crippen LogP contribution in [0.5, 0.6) is 0 Å². The number of nitrogens with zero attached hydrogens (tertiary/aromatic N) is 2. The number of aromatic nitrogens is 1. The first kappa shape index (κ1) is 23.2. The van der Waals surface area contributed by atoms with Crippen LogP contribution in [-0.4, -0.2) is 41.3 Å². The molecule has 168 valence electrons. The summed E-state index contributed by atoms with van der Waals surface area (Å²) in [6.07, 6.45) is -2.82. The van der Waals surface area contributed by atoms with Gasteiger partial charge < -0.3 is 10.2 Å². The van der Waals surface area contributed by atoms with Gasteiger partial charge in [0, 0.05) is 35.4 Å².